The van der Waals surface area contributed by atoms with E-state index in [2.05, 4.69) is 15.5 Å². The standard InChI is InChI=1S/C17H18ClN3O4S/c1-17(2,3)25-15(23)13(21-24-4)12-9-26-16(19-12)20-14(22)10-5-7-11(18)8-6-10/h5-9H,1-4H3,(H,19,20,22). The van der Waals surface area contributed by atoms with Crippen molar-refractivity contribution in [1.29, 1.82) is 0 Å². The number of hydrogen-bond acceptors (Lipinski definition) is 7. The largest absolute Gasteiger partial charge is 0.455 e. The summed E-state index contributed by atoms with van der Waals surface area (Å²) in [4.78, 5) is 33.4. The summed E-state index contributed by atoms with van der Waals surface area (Å²) in [7, 11) is 1.32. The molecule has 0 radical (unpaired) electrons. The first kappa shape index (κ1) is 19.9. The Kier molecular flexibility index (Phi) is 6.33. The molecule has 2 rings (SSSR count). The zero-order valence-corrected chi connectivity index (χ0v) is 16.3. The predicted molar refractivity (Wildman–Crippen MR) is 101 cm³/mol. The second kappa shape index (κ2) is 8.29. The number of nitrogens with one attached hydrogen (secondary N) is 1. The lowest BCUT2D eigenvalue weighted by atomic mass is 10.2. The minimum atomic E-state index is -0.687. The summed E-state index contributed by atoms with van der Waals surface area (Å²) in [5, 5.41) is 8.79. The number of aromatic nitrogens is 1. The fourth-order valence-electron chi connectivity index (χ4n) is 1.82. The van der Waals surface area contributed by atoms with Gasteiger partial charge in [0.2, 0.25) is 5.71 Å². The average molecular weight is 396 g/mol. The molecule has 0 atom stereocenters. The van der Waals surface area contributed by atoms with Crippen molar-refractivity contribution in [3.63, 3.8) is 0 Å². The first-order valence-electron chi connectivity index (χ1n) is 7.57. The van der Waals surface area contributed by atoms with E-state index < -0.39 is 11.6 Å². The van der Waals surface area contributed by atoms with Crippen molar-refractivity contribution in [2.75, 3.05) is 12.4 Å². The first-order valence-corrected chi connectivity index (χ1v) is 8.82. The van der Waals surface area contributed by atoms with Crippen LogP contribution in [0.4, 0.5) is 5.13 Å². The van der Waals surface area contributed by atoms with E-state index in [0.717, 1.165) is 11.3 Å². The molecule has 0 aliphatic carbocycles. The lowest BCUT2D eigenvalue weighted by Gasteiger charge is -2.19. The quantitative estimate of drug-likeness (QED) is 0.473. The normalized spacial score (nSPS) is 11.8. The zero-order valence-electron chi connectivity index (χ0n) is 14.7. The Morgan fingerprint density at radius 1 is 1.23 bits per heavy atom. The first-order chi connectivity index (χ1) is 12.2. The molecule has 9 heteroatoms. The van der Waals surface area contributed by atoms with Crippen molar-refractivity contribution in [2.24, 2.45) is 5.16 Å². The SMILES string of the molecule is CON=C(C(=O)OC(C)(C)C)c1csc(NC(=O)c2ccc(Cl)cc2)n1. The van der Waals surface area contributed by atoms with Gasteiger partial charge in [0, 0.05) is 16.0 Å². The van der Waals surface area contributed by atoms with Crippen molar-refractivity contribution >= 4 is 45.7 Å². The Labute approximate surface area is 160 Å². The number of thiazole rings is 1. The summed E-state index contributed by atoms with van der Waals surface area (Å²) in [6.45, 7) is 5.23. The molecule has 1 heterocycles. The van der Waals surface area contributed by atoms with Crippen LogP contribution < -0.4 is 5.32 Å². The van der Waals surface area contributed by atoms with Gasteiger partial charge in [-0.2, -0.15) is 0 Å². The van der Waals surface area contributed by atoms with Gasteiger partial charge < -0.3 is 9.57 Å². The van der Waals surface area contributed by atoms with Crippen LogP contribution >= 0.6 is 22.9 Å². The molecule has 1 N–H and O–H groups in total. The Hall–Kier alpha value is -2.45. The van der Waals surface area contributed by atoms with Gasteiger partial charge in [-0.3, -0.25) is 10.1 Å². The number of carbonyl (C=O) groups excluding carboxylic acids is 2. The second-order valence-corrected chi connectivity index (χ2v) is 7.42. The van der Waals surface area contributed by atoms with Crippen molar-refractivity contribution in [2.45, 2.75) is 26.4 Å². The summed E-state index contributed by atoms with van der Waals surface area (Å²) < 4.78 is 5.29. The van der Waals surface area contributed by atoms with E-state index in [1.807, 2.05) is 0 Å². The van der Waals surface area contributed by atoms with Gasteiger partial charge in [-0.05, 0) is 45.0 Å². The molecule has 0 saturated carbocycles. The lowest BCUT2D eigenvalue weighted by molar-refractivity contribution is -0.146. The number of esters is 1. The van der Waals surface area contributed by atoms with Crippen LogP contribution in [-0.4, -0.2) is 35.3 Å². The van der Waals surface area contributed by atoms with Crippen LogP contribution in [-0.2, 0) is 14.4 Å². The summed E-state index contributed by atoms with van der Waals surface area (Å²) >= 11 is 6.96. The third-order valence-electron chi connectivity index (χ3n) is 2.85. The highest BCUT2D eigenvalue weighted by Crippen LogP contribution is 2.19. The predicted octanol–water partition coefficient (Wildman–Crippen LogP) is 3.74. The highest BCUT2D eigenvalue weighted by molar-refractivity contribution is 7.14. The molecule has 1 amide bonds. The summed E-state index contributed by atoms with van der Waals surface area (Å²) in [5.74, 6) is -1.01. The number of nitrogens with zero attached hydrogens (tertiary/aromatic N) is 2. The number of halogens is 1. The molecule has 138 valence electrons. The molecular formula is C17H18ClN3O4S. The fraction of sp³-hybridized carbons (Fsp3) is 0.294. The maximum absolute atomic E-state index is 12.3. The van der Waals surface area contributed by atoms with Gasteiger partial charge >= 0.3 is 5.97 Å². The van der Waals surface area contributed by atoms with E-state index in [1.54, 1.807) is 50.4 Å². The van der Waals surface area contributed by atoms with E-state index >= 15 is 0 Å². The molecule has 1 aromatic heterocycles. The summed E-state index contributed by atoms with van der Waals surface area (Å²) in [6, 6.07) is 6.45. The summed E-state index contributed by atoms with van der Waals surface area (Å²) in [6.07, 6.45) is 0. The van der Waals surface area contributed by atoms with Crippen LogP contribution in [0.2, 0.25) is 5.02 Å². The van der Waals surface area contributed by atoms with Crippen LogP contribution in [0, 0.1) is 0 Å². The number of benzene rings is 1. The van der Waals surface area contributed by atoms with E-state index in [4.69, 9.17) is 21.2 Å². The molecule has 2 aromatic rings. The highest BCUT2D eigenvalue weighted by Gasteiger charge is 2.25. The van der Waals surface area contributed by atoms with Gasteiger partial charge in [0.1, 0.15) is 18.4 Å². The maximum atomic E-state index is 12.3. The van der Waals surface area contributed by atoms with Gasteiger partial charge in [-0.25, -0.2) is 9.78 Å². The molecule has 0 spiro atoms. The van der Waals surface area contributed by atoms with E-state index in [0.29, 0.717) is 15.7 Å². The van der Waals surface area contributed by atoms with Gasteiger partial charge in [0.25, 0.3) is 5.91 Å². The van der Waals surface area contributed by atoms with Crippen LogP contribution in [0.3, 0.4) is 0 Å². The van der Waals surface area contributed by atoms with E-state index in [-0.39, 0.29) is 17.3 Å². The smallest absolute Gasteiger partial charge is 0.363 e. The number of carbonyl (C=O) groups is 2. The molecule has 0 aliphatic heterocycles. The van der Waals surface area contributed by atoms with Gasteiger partial charge in [0.05, 0.1) is 0 Å². The van der Waals surface area contributed by atoms with Crippen LogP contribution in [0.5, 0.6) is 0 Å². The number of rotatable bonds is 5. The molecule has 26 heavy (non-hydrogen) atoms. The van der Waals surface area contributed by atoms with Crippen LogP contribution in [0.1, 0.15) is 36.8 Å². The van der Waals surface area contributed by atoms with Gasteiger partial charge in [-0.1, -0.05) is 16.8 Å². The number of hydrogen-bond donors (Lipinski definition) is 1. The molecule has 0 saturated heterocycles. The molecule has 0 aliphatic rings. The van der Waals surface area contributed by atoms with Crippen molar-refractivity contribution in [3.05, 3.63) is 45.9 Å². The van der Waals surface area contributed by atoms with E-state index in [9.17, 15) is 9.59 Å². The monoisotopic (exact) mass is 395 g/mol. The number of anilines is 1. The average Bonchev–Trinajstić information content (AvgIpc) is 2.99. The molecule has 0 bridgehead atoms. The van der Waals surface area contributed by atoms with Crippen molar-refractivity contribution in [1.82, 2.24) is 4.98 Å². The van der Waals surface area contributed by atoms with Crippen molar-refractivity contribution < 1.29 is 19.2 Å². The molecule has 0 fully saturated rings. The molecule has 0 unspecified atom stereocenters. The molecule has 1 aromatic carbocycles. The Morgan fingerprint density at radius 2 is 1.88 bits per heavy atom. The number of oxime groups is 1. The lowest BCUT2D eigenvalue weighted by Crippen LogP contribution is -2.29. The summed E-state index contributed by atoms with van der Waals surface area (Å²) in [5.41, 5.74) is -0.0833. The Balaban J connectivity index is 2.16. The minimum absolute atomic E-state index is 0.0781. The highest BCUT2D eigenvalue weighted by atomic mass is 35.5. The zero-order chi connectivity index (χ0) is 19.3. The van der Waals surface area contributed by atoms with Gasteiger partial charge in [-0.15, -0.1) is 11.3 Å². The Bertz CT molecular complexity index is 825. The number of amides is 1. The number of ether oxygens (including phenoxy) is 1. The van der Waals surface area contributed by atoms with Crippen LogP contribution in [0.25, 0.3) is 0 Å². The van der Waals surface area contributed by atoms with Gasteiger partial charge in [0.15, 0.2) is 5.13 Å². The van der Waals surface area contributed by atoms with E-state index in [1.165, 1.54) is 7.11 Å². The molecule has 7 nitrogen and oxygen atoms in total. The Morgan fingerprint density at radius 3 is 2.46 bits per heavy atom. The van der Waals surface area contributed by atoms with Crippen molar-refractivity contribution in [3.8, 4) is 0 Å². The second-order valence-electron chi connectivity index (χ2n) is 6.12. The molecular weight excluding hydrogens is 378 g/mol. The third-order valence-corrected chi connectivity index (χ3v) is 3.86. The topological polar surface area (TPSA) is 89.9 Å². The third kappa shape index (κ3) is 5.53. The van der Waals surface area contributed by atoms with Crippen LogP contribution in [0.15, 0.2) is 34.8 Å². The fourth-order valence-corrected chi connectivity index (χ4v) is 2.63. The minimum Gasteiger partial charge on any atom is -0.455 e. The maximum Gasteiger partial charge on any atom is 0.363 e.